The number of fused-ring (bicyclic) bond motifs is 1. The van der Waals surface area contributed by atoms with Crippen LogP contribution in [0.4, 0.5) is 0 Å². The Morgan fingerprint density at radius 2 is 1.76 bits per heavy atom. The Morgan fingerprint density at radius 1 is 0.960 bits per heavy atom. The molecule has 2 heterocycles. The summed E-state index contributed by atoms with van der Waals surface area (Å²) < 4.78 is 0. The summed E-state index contributed by atoms with van der Waals surface area (Å²) in [6.07, 6.45) is 1.90. The number of H-pyrrole nitrogens is 1. The van der Waals surface area contributed by atoms with Gasteiger partial charge in [0, 0.05) is 21.7 Å². The van der Waals surface area contributed by atoms with Crippen LogP contribution in [0.1, 0.15) is 11.3 Å². The van der Waals surface area contributed by atoms with Crippen molar-refractivity contribution in [3.63, 3.8) is 0 Å². The maximum atomic E-state index is 4.62. The van der Waals surface area contributed by atoms with E-state index in [1.165, 1.54) is 15.4 Å². The normalized spacial score (nSPS) is 11.1. The van der Waals surface area contributed by atoms with E-state index in [0.29, 0.717) is 0 Å². The number of para-hydroxylation sites is 2. The third-order valence-electron chi connectivity index (χ3n) is 3.94. The molecule has 2 aromatic heterocycles. The lowest BCUT2D eigenvalue weighted by Gasteiger charge is -2.09. The number of pyridine rings is 1. The van der Waals surface area contributed by atoms with Crippen LogP contribution in [0.5, 0.6) is 0 Å². The first-order valence-corrected chi connectivity index (χ1v) is 9.85. The van der Waals surface area contributed by atoms with Crippen molar-refractivity contribution in [2.75, 3.05) is 0 Å². The van der Waals surface area contributed by atoms with Gasteiger partial charge in [-0.2, -0.15) is 0 Å². The molecule has 1 N–H and O–H groups in total. The molecule has 0 bridgehead atoms. The van der Waals surface area contributed by atoms with E-state index < -0.39 is 0 Å². The summed E-state index contributed by atoms with van der Waals surface area (Å²) in [5, 5.41) is 0.934. The quantitative estimate of drug-likeness (QED) is 0.461. The molecule has 4 rings (SSSR count). The SMILES string of the molecule is Cc1c(Sc2ccccc2)ccnc1CSc1nc2ccccc2[nH]1. The molecule has 0 aliphatic carbocycles. The highest BCUT2D eigenvalue weighted by molar-refractivity contribution is 7.99. The fourth-order valence-corrected chi connectivity index (χ4v) is 4.42. The van der Waals surface area contributed by atoms with Gasteiger partial charge in [0.15, 0.2) is 5.16 Å². The lowest BCUT2D eigenvalue weighted by Crippen LogP contribution is -1.94. The number of hydrogen-bond acceptors (Lipinski definition) is 4. The summed E-state index contributed by atoms with van der Waals surface area (Å²) in [5.41, 5.74) is 4.41. The fourth-order valence-electron chi connectivity index (χ4n) is 2.57. The van der Waals surface area contributed by atoms with Gasteiger partial charge < -0.3 is 4.98 Å². The third-order valence-corrected chi connectivity index (χ3v) is 6.00. The average molecular weight is 364 g/mol. The van der Waals surface area contributed by atoms with Gasteiger partial charge in [-0.1, -0.05) is 53.9 Å². The molecule has 0 radical (unpaired) electrons. The van der Waals surface area contributed by atoms with Crippen LogP contribution >= 0.6 is 23.5 Å². The van der Waals surface area contributed by atoms with Crippen LogP contribution in [0.2, 0.25) is 0 Å². The standard InChI is InChI=1S/C20H17N3S2/c1-14-18(13-24-20-22-16-9-5-6-10-17(16)23-20)21-12-11-19(14)25-15-7-3-2-4-8-15/h2-12H,13H2,1H3,(H,22,23). The minimum absolute atomic E-state index is 0.800. The van der Waals surface area contributed by atoms with E-state index in [2.05, 4.69) is 52.2 Å². The monoisotopic (exact) mass is 363 g/mol. The Kier molecular flexibility index (Phi) is 4.76. The van der Waals surface area contributed by atoms with Gasteiger partial charge in [0.1, 0.15) is 0 Å². The predicted octanol–water partition coefficient (Wildman–Crippen LogP) is 5.71. The number of aromatic nitrogens is 3. The average Bonchev–Trinajstić information content (AvgIpc) is 3.06. The van der Waals surface area contributed by atoms with Gasteiger partial charge >= 0.3 is 0 Å². The zero-order chi connectivity index (χ0) is 17.1. The molecule has 0 unspecified atom stereocenters. The van der Waals surface area contributed by atoms with Crippen molar-refractivity contribution in [3.05, 3.63) is 78.1 Å². The first-order chi connectivity index (χ1) is 12.3. The summed E-state index contributed by atoms with van der Waals surface area (Å²) >= 11 is 3.47. The van der Waals surface area contributed by atoms with Gasteiger partial charge in [0.2, 0.25) is 0 Å². The largest absolute Gasteiger partial charge is 0.333 e. The lowest BCUT2D eigenvalue weighted by molar-refractivity contribution is 1.05. The molecule has 0 aliphatic rings. The number of nitrogens with zero attached hydrogens (tertiary/aromatic N) is 2. The molecule has 0 saturated carbocycles. The first-order valence-electron chi connectivity index (χ1n) is 8.04. The van der Waals surface area contributed by atoms with Crippen molar-refractivity contribution >= 4 is 34.6 Å². The summed E-state index contributed by atoms with van der Waals surface area (Å²) in [5.74, 6) is 0.800. The molecule has 0 aliphatic heterocycles. The van der Waals surface area contributed by atoms with Crippen LogP contribution in [0.15, 0.2) is 81.8 Å². The van der Waals surface area contributed by atoms with Crippen LogP contribution in [-0.2, 0) is 5.75 Å². The Labute approximate surface area is 155 Å². The number of nitrogens with one attached hydrogen (secondary N) is 1. The smallest absolute Gasteiger partial charge is 0.166 e. The van der Waals surface area contributed by atoms with Crippen molar-refractivity contribution < 1.29 is 0 Å². The lowest BCUT2D eigenvalue weighted by atomic mass is 10.2. The predicted molar refractivity (Wildman–Crippen MR) is 105 cm³/mol. The molecule has 124 valence electrons. The van der Waals surface area contributed by atoms with Crippen molar-refractivity contribution in [2.45, 2.75) is 27.6 Å². The van der Waals surface area contributed by atoms with Gasteiger partial charge in [-0.05, 0) is 42.8 Å². The van der Waals surface area contributed by atoms with E-state index in [9.17, 15) is 0 Å². The van der Waals surface area contributed by atoms with Crippen LogP contribution in [0.3, 0.4) is 0 Å². The van der Waals surface area contributed by atoms with Gasteiger partial charge in [-0.3, -0.25) is 4.98 Å². The fraction of sp³-hybridized carbons (Fsp3) is 0.100. The Bertz CT molecular complexity index is 963. The zero-order valence-electron chi connectivity index (χ0n) is 13.8. The molecular formula is C20H17N3S2. The van der Waals surface area contributed by atoms with E-state index in [1.807, 2.05) is 36.5 Å². The molecule has 0 fully saturated rings. The van der Waals surface area contributed by atoms with Crippen LogP contribution < -0.4 is 0 Å². The molecule has 0 saturated heterocycles. The molecule has 4 aromatic rings. The maximum absolute atomic E-state index is 4.62. The highest BCUT2D eigenvalue weighted by Crippen LogP contribution is 2.32. The minimum atomic E-state index is 0.800. The van der Waals surface area contributed by atoms with Gasteiger partial charge in [-0.25, -0.2) is 4.98 Å². The van der Waals surface area contributed by atoms with Gasteiger partial charge in [0.25, 0.3) is 0 Å². The molecule has 0 spiro atoms. The summed E-state index contributed by atoms with van der Waals surface area (Å²) in [7, 11) is 0. The molecule has 25 heavy (non-hydrogen) atoms. The summed E-state index contributed by atoms with van der Waals surface area (Å²) in [6, 6.07) is 20.6. The van der Waals surface area contributed by atoms with Crippen molar-refractivity contribution in [2.24, 2.45) is 0 Å². The topological polar surface area (TPSA) is 41.6 Å². The Balaban J connectivity index is 1.51. The minimum Gasteiger partial charge on any atom is -0.333 e. The maximum Gasteiger partial charge on any atom is 0.166 e. The van der Waals surface area contributed by atoms with Gasteiger partial charge in [0.05, 0.1) is 16.7 Å². The van der Waals surface area contributed by atoms with E-state index >= 15 is 0 Å². The van der Waals surface area contributed by atoms with Crippen molar-refractivity contribution in [3.8, 4) is 0 Å². The van der Waals surface area contributed by atoms with E-state index in [4.69, 9.17) is 0 Å². The second-order valence-corrected chi connectivity index (χ2v) is 7.72. The number of thioether (sulfide) groups is 1. The highest BCUT2D eigenvalue weighted by Gasteiger charge is 2.09. The van der Waals surface area contributed by atoms with Crippen molar-refractivity contribution in [1.29, 1.82) is 0 Å². The second-order valence-electron chi connectivity index (χ2n) is 5.64. The molecule has 3 nitrogen and oxygen atoms in total. The third kappa shape index (κ3) is 3.72. The molecule has 0 amide bonds. The van der Waals surface area contributed by atoms with E-state index in [1.54, 1.807) is 23.5 Å². The van der Waals surface area contributed by atoms with Crippen LogP contribution in [0, 0.1) is 6.92 Å². The van der Waals surface area contributed by atoms with Gasteiger partial charge in [-0.15, -0.1) is 0 Å². The number of aromatic amines is 1. The summed E-state index contributed by atoms with van der Waals surface area (Å²) in [4.78, 5) is 15.0. The van der Waals surface area contributed by atoms with Crippen LogP contribution in [-0.4, -0.2) is 15.0 Å². The number of benzene rings is 2. The molecule has 0 atom stereocenters. The number of hydrogen-bond donors (Lipinski definition) is 1. The zero-order valence-corrected chi connectivity index (χ0v) is 15.4. The highest BCUT2D eigenvalue weighted by atomic mass is 32.2. The van der Waals surface area contributed by atoms with Crippen LogP contribution in [0.25, 0.3) is 11.0 Å². The van der Waals surface area contributed by atoms with Crippen molar-refractivity contribution in [1.82, 2.24) is 15.0 Å². The molecule has 5 heteroatoms. The van der Waals surface area contributed by atoms with E-state index in [-0.39, 0.29) is 0 Å². The van der Waals surface area contributed by atoms with E-state index in [0.717, 1.165) is 27.6 Å². The molecule has 2 aromatic carbocycles. The molecular weight excluding hydrogens is 346 g/mol. The number of rotatable bonds is 5. The Morgan fingerprint density at radius 3 is 2.60 bits per heavy atom. The Hall–Kier alpha value is -2.24. The second kappa shape index (κ2) is 7.33. The first kappa shape index (κ1) is 16.2. The number of imidazole rings is 1. The summed E-state index contributed by atoms with van der Waals surface area (Å²) in [6.45, 7) is 2.15.